The molecule has 1 aromatic heterocycles. The number of rotatable bonds is 5. The summed E-state index contributed by atoms with van der Waals surface area (Å²) in [5.74, 6) is 0.851. The van der Waals surface area contributed by atoms with Gasteiger partial charge in [0.25, 0.3) is 0 Å². The minimum atomic E-state index is -0.611. The van der Waals surface area contributed by atoms with Crippen molar-refractivity contribution in [1.29, 1.82) is 0 Å². The number of nitrogens with two attached hydrogens (primary N) is 1. The Morgan fingerprint density at radius 1 is 1.75 bits per heavy atom. The molecule has 0 aliphatic rings. The minimum Gasteiger partial charge on any atom is -0.343 e. The van der Waals surface area contributed by atoms with Crippen LogP contribution < -0.4 is 5.73 Å². The molecule has 1 amide bonds. The number of carbonyl (C=O) groups excluding carboxylic acids is 1. The Labute approximate surface area is 100.0 Å². The first kappa shape index (κ1) is 13.1. The largest absolute Gasteiger partial charge is 0.343 e. The van der Waals surface area contributed by atoms with Crippen LogP contribution in [0.4, 0.5) is 0 Å². The second-order valence-electron chi connectivity index (χ2n) is 3.68. The summed E-state index contributed by atoms with van der Waals surface area (Å²) in [7, 11) is 3.58. The predicted molar refractivity (Wildman–Crippen MR) is 66.2 cm³/mol. The Kier molecular flexibility index (Phi) is 4.82. The smallest absolute Gasteiger partial charge is 0.243 e. The lowest BCUT2D eigenvalue weighted by Crippen LogP contribution is -2.36. The van der Waals surface area contributed by atoms with E-state index in [0.717, 1.165) is 11.3 Å². The monoisotopic (exact) mass is 242 g/mol. The van der Waals surface area contributed by atoms with Crippen LogP contribution in [0.25, 0.3) is 0 Å². The van der Waals surface area contributed by atoms with E-state index in [9.17, 15) is 4.79 Å². The lowest BCUT2D eigenvalue weighted by atomic mass is 10.1. The Bertz CT molecular complexity index is 352. The van der Waals surface area contributed by atoms with Gasteiger partial charge in [0, 0.05) is 38.2 Å². The number of likely N-dealkylation sites (N-methyl/N-ethyl adjacent to an activating group) is 1. The molecule has 0 bridgehead atoms. The van der Waals surface area contributed by atoms with Crippen LogP contribution in [-0.4, -0.2) is 46.2 Å². The summed E-state index contributed by atoms with van der Waals surface area (Å²) in [6, 6.07) is -0.611. The van der Waals surface area contributed by atoms with Crippen LogP contribution in [0.5, 0.6) is 0 Å². The van der Waals surface area contributed by atoms with Gasteiger partial charge in [0.1, 0.15) is 6.04 Å². The predicted octanol–water partition coefficient (Wildman–Crippen LogP) is 0.241. The van der Waals surface area contributed by atoms with E-state index in [2.05, 4.69) is 5.10 Å². The van der Waals surface area contributed by atoms with E-state index in [0.29, 0.717) is 6.54 Å². The average molecular weight is 242 g/mol. The van der Waals surface area contributed by atoms with Crippen LogP contribution in [0.3, 0.4) is 0 Å². The molecule has 1 aromatic rings. The molecule has 90 valence electrons. The SMILES string of the molecule is CSCCN(C)C(=O)C(N)c1cnn(C)c1. The van der Waals surface area contributed by atoms with Crippen LogP contribution in [0.15, 0.2) is 12.4 Å². The molecular weight excluding hydrogens is 224 g/mol. The van der Waals surface area contributed by atoms with Crippen molar-refractivity contribution in [1.82, 2.24) is 14.7 Å². The van der Waals surface area contributed by atoms with Crippen molar-refractivity contribution in [3.8, 4) is 0 Å². The van der Waals surface area contributed by atoms with Crippen molar-refractivity contribution in [2.24, 2.45) is 12.8 Å². The van der Waals surface area contributed by atoms with Gasteiger partial charge >= 0.3 is 0 Å². The summed E-state index contributed by atoms with van der Waals surface area (Å²) >= 11 is 1.71. The Morgan fingerprint density at radius 3 is 2.94 bits per heavy atom. The van der Waals surface area contributed by atoms with E-state index in [1.807, 2.05) is 6.26 Å². The standard InChI is InChI=1S/C10H18N4OS/c1-13(4-5-16-3)10(15)9(11)8-6-12-14(2)7-8/h6-7,9H,4-5,11H2,1-3H3. The van der Waals surface area contributed by atoms with E-state index in [1.54, 1.807) is 47.8 Å². The Balaban J connectivity index is 2.59. The lowest BCUT2D eigenvalue weighted by Gasteiger charge is -2.20. The molecule has 0 aliphatic heterocycles. The zero-order valence-electron chi connectivity index (χ0n) is 9.88. The quantitative estimate of drug-likeness (QED) is 0.803. The molecule has 2 N–H and O–H groups in total. The summed E-state index contributed by atoms with van der Waals surface area (Å²) in [4.78, 5) is 13.6. The molecular formula is C10H18N4OS. The van der Waals surface area contributed by atoms with Gasteiger partial charge in [-0.3, -0.25) is 9.48 Å². The molecule has 1 unspecified atom stereocenters. The van der Waals surface area contributed by atoms with Crippen LogP contribution in [0, 0.1) is 0 Å². The number of thioether (sulfide) groups is 1. The van der Waals surface area contributed by atoms with E-state index in [-0.39, 0.29) is 5.91 Å². The third-order valence-electron chi connectivity index (χ3n) is 2.36. The van der Waals surface area contributed by atoms with Crippen molar-refractivity contribution < 1.29 is 4.79 Å². The maximum atomic E-state index is 11.9. The lowest BCUT2D eigenvalue weighted by molar-refractivity contribution is -0.131. The van der Waals surface area contributed by atoms with E-state index in [4.69, 9.17) is 5.73 Å². The van der Waals surface area contributed by atoms with Gasteiger partial charge in [-0.05, 0) is 6.26 Å². The van der Waals surface area contributed by atoms with Crippen molar-refractivity contribution in [3.63, 3.8) is 0 Å². The molecule has 1 heterocycles. The molecule has 0 fully saturated rings. The molecule has 0 aliphatic carbocycles. The van der Waals surface area contributed by atoms with Crippen molar-refractivity contribution in [2.45, 2.75) is 6.04 Å². The van der Waals surface area contributed by atoms with Crippen molar-refractivity contribution >= 4 is 17.7 Å². The van der Waals surface area contributed by atoms with Gasteiger partial charge < -0.3 is 10.6 Å². The van der Waals surface area contributed by atoms with Crippen LogP contribution in [-0.2, 0) is 11.8 Å². The number of hydrogen-bond donors (Lipinski definition) is 1. The molecule has 0 saturated carbocycles. The number of carbonyl (C=O) groups is 1. The van der Waals surface area contributed by atoms with Gasteiger partial charge in [0.05, 0.1) is 6.20 Å². The van der Waals surface area contributed by atoms with Gasteiger partial charge in [0.2, 0.25) is 5.91 Å². The molecule has 16 heavy (non-hydrogen) atoms. The highest BCUT2D eigenvalue weighted by Gasteiger charge is 2.20. The normalized spacial score (nSPS) is 12.5. The highest BCUT2D eigenvalue weighted by Crippen LogP contribution is 2.11. The fraction of sp³-hybridized carbons (Fsp3) is 0.600. The maximum absolute atomic E-state index is 11.9. The van der Waals surface area contributed by atoms with Crippen molar-refractivity contribution in [3.05, 3.63) is 18.0 Å². The van der Waals surface area contributed by atoms with Crippen molar-refractivity contribution in [2.75, 3.05) is 25.6 Å². The first-order valence-electron chi connectivity index (χ1n) is 5.04. The Hall–Kier alpha value is -1.01. The number of nitrogens with zero attached hydrogens (tertiary/aromatic N) is 3. The first-order chi connectivity index (χ1) is 7.56. The average Bonchev–Trinajstić information content (AvgIpc) is 2.70. The molecule has 1 atom stereocenters. The second-order valence-corrected chi connectivity index (χ2v) is 4.66. The molecule has 5 nitrogen and oxygen atoms in total. The highest BCUT2D eigenvalue weighted by atomic mass is 32.2. The Morgan fingerprint density at radius 2 is 2.44 bits per heavy atom. The zero-order valence-corrected chi connectivity index (χ0v) is 10.7. The van der Waals surface area contributed by atoms with E-state index in [1.165, 1.54) is 0 Å². The molecule has 0 spiro atoms. The van der Waals surface area contributed by atoms with Crippen LogP contribution in [0.1, 0.15) is 11.6 Å². The van der Waals surface area contributed by atoms with Crippen LogP contribution in [0.2, 0.25) is 0 Å². The molecule has 0 aromatic carbocycles. The van der Waals surface area contributed by atoms with Gasteiger partial charge in [-0.1, -0.05) is 0 Å². The van der Waals surface area contributed by atoms with Gasteiger partial charge in [0.15, 0.2) is 0 Å². The van der Waals surface area contributed by atoms with E-state index < -0.39 is 6.04 Å². The van der Waals surface area contributed by atoms with E-state index >= 15 is 0 Å². The number of hydrogen-bond acceptors (Lipinski definition) is 4. The van der Waals surface area contributed by atoms with Gasteiger partial charge in [-0.15, -0.1) is 0 Å². The van der Waals surface area contributed by atoms with Gasteiger partial charge in [-0.25, -0.2) is 0 Å². The van der Waals surface area contributed by atoms with Crippen LogP contribution >= 0.6 is 11.8 Å². The summed E-state index contributed by atoms with van der Waals surface area (Å²) in [6.45, 7) is 0.716. The topological polar surface area (TPSA) is 64.2 Å². The highest BCUT2D eigenvalue weighted by molar-refractivity contribution is 7.98. The maximum Gasteiger partial charge on any atom is 0.243 e. The summed E-state index contributed by atoms with van der Waals surface area (Å²) in [6.07, 6.45) is 5.41. The number of amides is 1. The molecule has 0 radical (unpaired) electrons. The first-order valence-corrected chi connectivity index (χ1v) is 6.43. The fourth-order valence-electron chi connectivity index (χ4n) is 1.32. The van der Waals surface area contributed by atoms with Gasteiger partial charge in [-0.2, -0.15) is 16.9 Å². The molecule has 1 rings (SSSR count). The summed E-state index contributed by atoms with van der Waals surface area (Å²) in [5.41, 5.74) is 6.63. The third-order valence-corrected chi connectivity index (χ3v) is 2.95. The number of aromatic nitrogens is 2. The summed E-state index contributed by atoms with van der Waals surface area (Å²) in [5, 5.41) is 4.00. The zero-order chi connectivity index (χ0) is 12.1. The third kappa shape index (κ3) is 3.24. The molecule has 6 heteroatoms. The fourth-order valence-corrected chi connectivity index (χ4v) is 1.78. The number of aryl methyl sites for hydroxylation is 1. The summed E-state index contributed by atoms with van der Waals surface area (Å²) < 4.78 is 1.64. The molecule has 0 saturated heterocycles. The second kappa shape index (κ2) is 5.91. The minimum absolute atomic E-state index is 0.0675.